The molecule has 0 spiro atoms. The number of anilines is 1. The molecule has 13 heavy (non-hydrogen) atoms. The van der Waals surface area contributed by atoms with Gasteiger partial charge in [0.15, 0.2) is 0 Å². The molecule has 0 bridgehead atoms. The fourth-order valence-corrected chi connectivity index (χ4v) is 0.917. The van der Waals surface area contributed by atoms with Gasteiger partial charge in [-0.3, -0.25) is 0 Å². The Morgan fingerprint density at radius 2 is 2.08 bits per heavy atom. The van der Waals surface area contributed by atoms with E-state index in [1.54, 1.807) is 18.2 Å². The van der Waals surface area contributed by atoms with E-state index >= 15 is 0 Å². The molecule has 0 heterocycles. The maximum atomic E-state index is 10.6. The van der Waals surface area contributed by atoms with Gasteiger partial charge in [-0.05, 0) is 18.2 Å². The van der Waals surface area contributed by atoms with Crippen LogP contribution in [0.1, 0.15) is 11.8 Å². The van der Waals surface area contributed by atoms with Crippen LogP contribution in [-0.4, -0.2) is 25.2 Å². The quantitative estimate of drug-likeness (QED) is 0.580. The minimum atomic E-state index is -0.890. The molecule has 3 nitrogen and oxygen atoms in total. The van der Waals surface area contributed by atoms with Gasteiger partial charge < -0.3 is 11.4 Å². The summed E-state index contributed by atoms with van der Waals surface area (Å²) in [5.41, 5.74) is 1.22. The predicted octanol–water partition coefficient (Wildman–Crippen LogP) is -1.43. The molecule has 0 unspecified atom stereocenters. The molecule has 0 saturated heterocycles. The molecule has 1 aromatic rings. The molecule has 0 aliphatic rings. The molecule has 0 aliphatic heterocycles. The van der Waals surface area contributed by atoms with E-state index in [4.69, 9.17) is 5.11 Å². The van der Waals surface area contributed by atoms with E-state index in [2.05, 4.69) is 0 Å². The first-order chi connectivity index (χ1) is 5.61. The normalized spacial score (nSPS) is 8.77. The van der Waals surface area contributed by atoms with Gasteiger partial charge in [0, 0.05) is 19.8 Å². The van der Waals surface area contributed by atoms with Gasteiger partial charge in [0.25, 0.3) is 0 Å². The molecule has 1 N–H and O–H groups in total. The van der Waals surface area contributed by atoms with E-state index in [0.717, 1.165) is 5.69 Å². The van der Waals surface area contributed by atoms with E-state index in [0.29, 0.717) is 5.56 Å². The molecule has 0 fully saturated rings. The van der Waals surface area contributed by atoms with Gasteiger partial charge in [-0.2, -0.15) is 0 Å². The Morgan fingerprint density at radius 3 is 2.54 bits per heavy atom. The molecule has 0 aliphatic carbocycles. The second-order valence-electron chi connectivity index (χ2n) is 2.75. The van der Waals surface area contributed by atoms with Crippen LogP contribution in [0.25, 0.3) is 0 Å². The van der Waals surface area contributed by atoms with Crippen molar-refractivity contribution in [1.82, 2.24) is 0 Å². The first-order valence-corrected chi connectivity index (χ1v) is 3.62. The summed E-state index contributed by atoms with van der Waals surface area (Å²) < 4.78 is 0. The van der Waals surface area contributed by atoms with Crippen molar-refractivity contribution in [2.45, 2.75) is 0 Å². The molecule has 1 rings (SSSR count). The zero-order valence-electron chi connectivity index (χ0n) is 9.11. The number of hydrogen-bond acceptors (Lipinski definition) is 2. The third-order valence-electron chi connectivity index (χ3n) is 1.61. The molecule has 0 radical (unpaired) electrons. The fraction of sp³-hybridized carbons (Fsp3) is 0.222. The van der Waals surface area contributed by atoms with Crippen LogP contribution in [0.2, 0.25) is 0 Å². The molecule has 0 atom stereocenters. The van der Waals surface area contributed by atoms with Gasteiger partial charge in [0.2, 0.25) is 0 Å². The number of aromatic carboxylic acids is 1. The SMILES string of the molecule is CN(C)c1cccc(C(=O)O)c1.[H-].[Na+]. The fourth-order valence-electron chi connectivity index (χ4n) is 0.917. The molecular formula is C9H12NNaO2. The second kappa shape index (κ2) is 5.27. The zero-order chi connectivity index (χ0) is 9.14. The van der Waals surface area contributed by atoms with Gasteiger partial charge in [-0.25, -0.2) is 4.79 Å². The first kappa shape index (κ1) is 12.5. The van der Waals surface area contributed by atoms with Crippen molar-refractivity contribution in [2.24, 2.45) is 0 Å². The molecule has 66 valence electrons. The summed E-state index contributed by atoms with van der Waals surface area (Å²) in [5.74, 6) is -0.890. The van der Waals surface area contributed by atoms with E-state index in [1.807, 2.05) is 25.1 Å². The van der Waals surface area contributed by atoms with Gasteiger partial charge in [-0.15, -0.1) is 0 Å². The summed E-state index contributed by atoms with van der Waals surface area (Å²) in [7, 11) is 3.75. The topological polar surface area (TPSA) is 40.5 Å². The van der Waals surface area contributed by atoms with Crippen molar-refractivity contribution in [1.29, 1.82) is 0 Å². The zero-order valence-corrected chi connectivity index (χ0v) is 10.1. The van der Waals surface area contributed by atoms with Crippen LogP contribution >= 0.6 is 0 Å². The molecule has 1 aromatic carbocycles. The van der Waals surface area contributed by atoms with E-state index in [1.165, 1.54) is 0 Å². The smallest absolute Gasteiger partial charge is 1.00 e. The number of benzene rings is 1. The predicted molar refractivity (Wildman–Crippen MR) is 48.8 cm³/mol. The summed E-state index contributed by atoms with van der Waals surface area (Å²) in [6.45, 7) is 0. The number of hydrogen-bond donors (Lipinski definition) is 1. The van der Waals surface area contributed by atoms with Crippen LogP contribution < -0.4 is 34.5 Å². The largest absolute Gasteiger partial charge is 1.00 e. The Balaban J connectivity index is 0. The molecular weight excluding hydrogens is 177 g/mol. The van der Waals surface area contributed by atoms with Crippen molar-refractivity contribution in [3.05, 3.63) is 29.8 Å². The summed E-state index contributed by atoms with van der Waals surface area (Å²) in [5, 5.41) is 8.67. The Morgan fingerprint density at radius 1 is 1.46 bits per heavy atom. The van der Waals surface area contributed by atoms with Crippen molar-refractivity contribution in [3.8, 4) is 0 Å². The number of carbonyl (C=O) groups is 1. The van der Waals surface area contributed by atoms with Crippen LogP contribution in [0.15, 0.2) is 24.3 Å². The van der Waals surface area contributed by atoms with Crippen molar-refractivity contribution in [3.63, 3.8) is 0 Å². The Bertz CT molecular complexity index is 305. The number of carboxylic acids is 1. The van der Waals surface area contributed by atoms with E-state index in [-0.39, 0.29) is 31.0 Å². The Labute approximate surface area is 101 Å². The average Bonchev–Trinajstić information content (AvgIpc) is 2.04. The standard InChI is InChI=1S/C9H11NO2.Na.H/c1-10(2)8-5-3-4-7(6-8)9(11)12;;/h3-6H,1-2H3,(H,11,12);;/q;+1;-1. The summed E-state index contributed by atoms with van der Waals surface area (Å²) in [6, 6.07) is 6.82. The van der Waals surface area contributed by atoms with Crippen LogP contribution in [0.5, 0.6) is 0 Å². The number of nitrogens with zero attached hydrogens (tertiary/aromatic N) is 1. The minimum absolute atomic E-state index is 0. The molecule has 0 amide bonds. The Hall–Kier alpha value is -0.510. The van der Waals surface area contributed by atoms with Crippen LogP contribution in [-0.2, 0) is 0 Å². The maximum Gasteiger partial charge on any atom is 1.00 e. The van der Waals surface area contributed by atoms with Gasteiger partial charge in [-0.1, -0.05) is 6.07 Å². The average molecular weight is 189 g/mol. The minimum Gasteiger partial charge on any atom is -1.00 e. The second-order valence-corrected chi connectivity index (χ2v) is 2.75. The van der Waals surface area contributed by atoms with Crippen LogP contribution in [0, 0.1) is 0 Å². The molecule has 0 saturated carbocycles. The third kappa shape index (κ3) is 3.38. The third-order valence-corrected chi connectivity index (χ3v) is 1.61. The van der Waals surface area contributed by atoms with Gasteiger partial charge in [0.05, 0.1) is 5.56 Å². The number of carboxylic acid groups (broad SMARTS) is 1. The van der Waals surface area contributed by atoms with Crippen molar-refractivity contribution >= 4 is 11.7 Å². The maximum absolute atomic E-state index is 10.6. The number of rotatable bonds is 2. The first-order valence-electron chi connectivity index (χ1n) is 3.62. The van der Waals surface area contributed by atoms with Gasteiger partial charge in [0.1, 0.15) is 0 Å². The summed E-state index contributed by atoms with van der Waals surface area (Å²) in [4.78, 5) is 12.4. The van der Waals surface area contributed by atoms with Crippen LogP contribution in [0.3, 0.4) is 0 Å². The van der Waals surface area contributed by atoms with Crippen LogP contribution in [0.4, 0.5) is 5.69 Å². The van der Waals surface area contributed by atoms with Crippen molar-refractivity contribution < 1.29 is 40.9 Å². The molecule has 4 heteroatoms. The summed E-state index contributed by atoms with van der Waals surface area (Å²) in [6.07, 6.45) is 0. The van der Waals surface area contributed by atoms with E-state index in [9.17, 15) is 4.79 Å². The van der Waals surface area contributed by atoms with Gasteiger partial charge >= 0.3 is 35.5 Å². The Kier molecular flexibility index (Phi) is 5.06. The monoisotopic (exact) mass is 189 g/mol. The van der Waals surface area contributed by atoms with E-state index < -0.39 is 5.97 Å². The molecule has 0 aromatic heterocycles. The van der Waals surface area contributed by atoms with Crippen molar-refractivity contribution in [2.75, 3.05) is 19.0 Å². The summed E-state index contributed by atoms with van der Waals surface area (Å²) >= 11 is 0.